The molecule has 3 N–H and O–H groups in total. The van der Waals surface area contributed by atoms with E-state index in [1.54, 1.807) is 24.7 Å². The van der Waals surface area contributed by atoms with Gasteiger partial charge in [0.2, 0.25) is 17.8 Å². The van der Waals surface area contributed by atoms with E-state index in [0.717, 1.165) is 45.6 Å². The Labute approximate surface area is 218 Å². The van der Waals surface area contributed by atoms with Crippen molar-refractivity contribution in [2.45, 2.75) is 25.9 Å². The largest absolute Gasteiger partial charge is 0.368 e. The second-order valence-electron chi connectivity index (χ2n) is 9.66. The highest BCUT2D eigenvalue weighted by atomic mass is 32.1. The molecule has 1 saturated heterocycles. The molecule has 0 bridgehead atoms. The van der Waals surface area contributed by atoms with Gasteiger partial charge in [-0.2, -0.15) is 0 Å². The minimum absolute atomic E-state index is 0.00232. The van der Waals surface area contributed by atoms with Crippen LogP contribution < -0.4 is 27.2 Å². The summed E-state index contributed by atoms with van der Waals surface area (Å²) < 4.78 is 3.21. The maximum Gasteiger partial charge on any atom is 0.332 e. The third-order valence-corrected chi connectivity index (χ3v) is 7.96. The number of aromatic nitrogens is 7. The van der Waals surface area contributed by atoms with Crippen molar-refractivity contribution in [2.24, 2.45) is 24.6 Å². The minimum Gasteiger partial charge on any atom is -0.368 e. The van der Waals surface area contributed by atoms with E-state index in [4.69, 9.17) is 5.73 Å². The van der Waals surface area contributed by atoms with Crippen LogP contribution >= 0.6 is 11.3 Å². The molecule has 0 aromatic carbocycles. The zero-order valence-electron chi connectivity index (χ0n) is 20.6. The molecular formula is C23H24N10O4S. The number of fused-ring (bicyclic) bond motifs is 2. The number of thiazole rings is 1. The number of anilines is 2. The second kappa shape index (κ2) is 8.86. The number of hydrogen-bond donors (Lipinski definition) is 2. The number of primary amides is 1. The number of amides is 2. The lowest BCUT2D eigenvalue weighted by Gasteiger charge is -2.17. The predicted octanol–water partition coefficient (Wildman–Crippen LogP) is -0.0487. The molecule has 1 aliphatic carbocycles. The molecule has 2 unspecified atom stereocenters. The summed E-state index contributed by atoms with van der Waals surface area (Å²) in [5.74, 6) is 1.35. The van der Waals surface area contributed by atoms with Crippen molar-refractivity contribution in [3.63, 3.8) is 0 Å². The molecule has 2 fully saturated rings. The maximum absolute atomic E-state index is 13.1. The number of hydrogen-bond acceptors (Lipinski definition) is 10. The first-order chi connectivity index (χ1) is 18.2. The monoisotopic (exact) mass is 536 g/mol. The smallest absolute Gasteiger partial charge is 0.332 e. The number of imidazole rings is 1. The summed E-state index contributed by atoms with van der Waals surface area (Å²) >= 11 is 1.34. The third kappa shape index (κ3) is 4.04. The molecule has 1 aliphatic heterocycles. The Morgan fingerprint density at radius 2 is 1.89 bits per heavy atom. The van der Waals surface area contributed by atoms with Gasteiger partial charge in [0, 0.05) is 43.5 Å². The van der Waals surface area contributed by atoms with Crippen LogP contribution in [0.15, 0.2) is 33.7 Å². The molecule has 0 spiro atoms. The summed E-state index contributed by atoms with van der Waals surface area (Å²) in [6, 6.07) is -0.883. The molecule has 196 valence electrons. The van der Waals surface area contributed by atoms with Crippen molar-refractivity contribution in [3.8, 4) is 10.6 Å². The van der Waals surface area contributed by atoms with E-state index < -0.39 is 35.6 Å². The van der Waals surface area contributed by atoms with Crippen molar-refractivity contribution < 1.29 is 9.59 Å². The highest BCUT2D eigenvalue weighted by molar-refractivity contribution is 7.13. The van der Waals surface area contributed by atoms with E-state index in [9.17, 15) is 19.2 Å². The molecule has 2 amide bonds. The van der Waals surface area contributed by atoms with Gasteiger partial charge in [-0.1, -0.05) is 0 Å². The van der Waals surface area contributed by atoms with Gasteiger partial charge < -0.3 is 20.5 Å². The van der Waals surface area contributed by atoms with Crippen molar-refractivity contribution >= 4 is 46.1 Å². The number of nitrogens with two attached hydrogens (primary N) is 1. The van der Waals surface area contributed by atoms with Gasteiger partial charge in [0.15, 0.2) is 11.2 Å². The van der Waals surface area contributed by atoms with Gasteiger partial charge in [0.25, 0.3) is 5.56 Å². The fraction of sp³-hybridized carbons (Fsp3) is 0.391. The van der Waals surface area contributed by atoms with Crippen LogP contribution in [-0.4, -0.2) is 58.5 Å². The van der Waals surface area contributed by atoms with Crippen molar-refractivity contribution in [2.75, 3.05) is 23.3 Å². The van der Waals surface area contributed by atoms with Gasteiger partial charge in [0.05, 0.1) is 6.33 Å². The van der Waals surface area contributed by atoms with Crippen LogP contribution in [-0.2, 0) is 23.2 Å². The maximum atomic E-state index is 13.1. The Morgan fingerprint density at radius 3 is 2.58 bits per heavy atom. The number of nitrogens with one attached hydrogen (secondary N) is 1. The van der Waals surface area contributed by atoms with Gasteiger partial charge in [-0.15, -0.1) is 11.3 Å². The first kappa shape index (κ1) is 24.0. The van der Waals surface area contributed by atoms with Crippen LogP contribution in [0.1, 0.15) is 19.4 Å². The second-order valence-corrected chi connectivity index (χ2v) is 10.5. The van der Waals surface area contributed by atoms with E-state index in [1.807, 2.05) is 0 Å². The van der Waals surface area contributed by atoms with Crippen LogP contribution in [0.2, 0.25) is 0 Å². The Balaban J connectivity index is 1.20. The number of nitrogens with zero attached hydrogens (tertiary/aromatic N) is 8. The van der Waals surface area contributed by atoms with Crippen molar-refractivity contribution in [1.29, 1.82) is 0 Å². The number of piperidine rings is 1. The summed E-state index contributed by atoms with van der Waals surface area (Å²) in [6.45, 7) is 3.02. The molecule has 4 aromatic heterocycles. The molecule has 14 nitrogen and oxygen atoms in total. The third-order valence-electron chi connectivity index (χ3n) is 7.07. The van der Waals surface area contributed by atoms with Crippen LogP contribution in [0.25, 0.3) is 21.7 Å². The van der Waals surface area contributed by atoms with Crippen molar-refractivity contribution in [1.82, 2.24) is 33.6 Å². The van der Waals surface area contributed by atoms with Gasteiger partial charge in [0.1, 0.15) is 23.4 Å². The Kier molecular flexibility index (Phi) is 5.59. The Morgan fingerprint density at radius 1 is 1.18 bits per heavy atom. The molecular weight excluding hydrogens is 512 g/mol. The normalized spacial score (nSPS) is 18.9. The molecule has 3 atom stereocenters. The summed E-state index contributed by atoms with van der Waals surface area (Å²) in [6.07, 6.45) is 6.08. The topological polar surface area (TPSA) is 176 Å². The Bertz CT molecular complexity index is 1690. The standard InChI is InChI=1S/C23H24N10O4S/c1-11(33-10-27-18-17(33)21(36)32(8-15(24)34)23(37)30(18)2)19(35)28-16-9-38-20(29-16)14-4-25-22(26-5-14)31-6-12-3-13(12)7-31/h4-5,9-13H,3,6-8H2,1-2H3,(H2,24,34)(H,28,35)/t11-,12?,13?/m0/s1. The van der Waals surface area contributed by atoms with Gasteiger partial charge >= 0.3 is 5.69 Å². The molecule has 5 heterocycles. The molecule has 4 aromatic rings. The lowest BCUT2D eigenvalue weighted by atomic mass is 10.3. The average Bonchev–Trinajstić information content (AvgIpc) is 3.29. The number of carbonyl (C=O) groups excluding carboxylic acids is 2. The van der Waals surface area contributed by atoms with E-state index in [-0.39, 0.29) is 11.2 Å². The Hall–Kier alpha value is -4.40. The van der Waals surface area contributed by atoms with Gasteiger partial charge in [-0.3, -0.25) is 19.0 Å². The van der Waals surface area contributed by atoms with Crippen LogP contribution in [0.4, 0.5) is 11.8 Å². The molecule has 15 heteroatoms. The summed E-state index contributed by atoms with van der Waals surface area (Å²) in [7, 11) is 1.42. The summed E-state index contributed by atoms with van der Waals surface area (Å²) in [5, 5.41) is 5.11. The van der Waals surface area contributed by atoms with E-state index >= 15 is 0 Å². The van der Waals surface area contributed by atoms with Crippen molar-refractivity contribution in [3.05, 3.63) is 44.9 Å². The highest BCUT2D eigenvalue weighted by Gasteiger charge is 2.45. The summed E-state index contributed by atoms with van der Waals surface area (Å²) in [4.78, 5) is 69.8. The number of aryl methyl sites for hydroxylation is 1. The highest BCUT2D eigenvalue weighted by Crippen LogP contribution is 2.45. The molecule has 6 rings (SSSR count). The first-order valence-corrected chi connectivity index (χ1v) is 12.9. The fourth-order valence-electron chi connectivity index (χ4n) is 4.86. The molecule has 2 aliphatic rings. The predicted molar refractivity (Wildman–Crippen MR) is 139 cm³/mol. The molecule has 1 saturated carbocycles. The zero-order valence-corrected chi connectivity index (χ0v) is 21.4. The minimum atomic E-state index is -0.883. The first-order valence-electron chi connectivity index (χ1n) is 12.0. The van der Waals surface area contributed by atoms with Crippen LogP contribution in [0.5, 0.6) is 0 Å². The van der Waals surface area contributed by atoms with E-state index in [0.29, 0.717) is 10.8 Å². The van der Waals surface area contributed by atoms with Crippen LogP contribution in [0, 0.1) is 11.8 Å². The van der Waals surface area contributed by atoms with E-state index in [1.165, 1.54) is 35.7 Å². The van der Waals surface area contributed by atoms with Gasteiger partial charge in [-0.05, 0) is 25.2 Å². The lowest BCUT2D eigenvalue weighted by molar-refractivity contribution is -0.119. The quantitative estimate of drug-likeness (QED) is 0.328. The SMILES string of the molecule is C[C@@H](C(=O)Nc1csc(-c2cnc(N3CC4CC4C3)nc2)n1)n1cnc2c1c(=O)n(CC(N)=O)c(=O)n2C. The van der Waals surface area contributed by atoms with E-state index in [2.05, 4.69) is 30.2 Å². The van der Waals surface area contributed by atoms with Gasteiger partial charge in [-0.25, -0.2) is 29.3 Å². The average molecular weight is 537 g/mol. The fourth-order valence-corrected chi connectivity index (χ4v) is 5.58. The number of rotatable bonds is 7. The lowest BCUT2D eigenvalue weighted by Crippen LogP contribution is -2.42. The van der Waals surface area contributed by atoms with Crippen LogP contribution in [0.3, 0.4) is 0 Å². The number of carbonyl (C=O) groups is 2. The summed E-state index contributed by atoms with van der Waals surface area (Å²) in [5.41, 5.74) is 4.55. The molecule has 38 heavy (non-hydrogen) atoms. The zero-order chi connectivity index (χ0) is 26.7. The molecule has 0 radical (unpaired) electrons.